The highest BCUT2D eigenvalue weighted by Crippen LogP contribution is 2.06. The largest absolute Gasteiger partial charge is 0.375 e. The smallest absolute Gasteiger partial charge is 0.0725 e. The maximum Gasteiger partial charge on any atom is 0.0725 e. The van der Waals surface area contributed by atoms with Crippen molar-refractivity contribution in [1.29, 1.82) is 0 Å². The summed E-state index contributed by atoms with van der Waals surface area (Å²) in [6.45, 7) is 1.95. The van der Waals surface area contributed by atoms with Crippen LogP contribution in [0.15, 0.2) is 16.8 Å². The van der Waals surface area contributed by atoms with Crippen LogP contribution >= 0.6 is 11.3 Å². The van der Waals surface area contributed by atoms with Gasteiger partial charge >= 0.3 is 0 Å². The molecule has 0 saturated carbocycles. The third kappa shape index (κ3) is 2.47. The Morgan fingerprint density at radius 3 is 3.10 bits per heavy atom. The molecule has 0 unspecified atom stereocenters. The number of thiophene rings is 1. The van der Waals surface area contributed by atoms with E-state index in [4.69, 9.17) is 10.5 Å². The minimum Gasteiger partial charge on any atom is -0.375 e. The topological polar surface area (TPSA) is 35.2 Å². The summed E-state index contributed by atoms with van der Waals surface area (Å²) in [5, 5.41) is 4.12. The molecule has 3 heteroatoms. The maximum atomic E-state index is 5.25. The van der Waals surface area contributed by atoms with Gasteiger partial charge in [-0.25, -0.2) is 0 Å². The van der Waals surface area contributed by atoms with Gasteiger partial charge < -0.3 is 10.5 Å². The van der Waals surface area contributed by atoms with Gasteiger partial charge in [-0.15, -0.1) is 0 Å². The molecule has 0 fully saturated rings. The Morgan fingerprint density at radius 2 is 2.50 bits per heavy atom. The second-order valence-corrected chi connectivity index (χ2v) is 2.75. The molecule has 10 heavy (non-hydrogen) atoms. The van der Waals surface area contributed by atoms with Crippen molar-refractivity contribution in [2.45, 2.75) is 6.61 Å². The second-order valence-electron chi connectivity index (χ2n) is 1.97. The molecule has 2 nitrogen and oxygen atoms in total. The highest BCUT2D eigenvalue weighted by molar-refractivity contribution is 7.07. The lowest BCUT2D eigenvalue weighted by Crippen LogP contribution is -2.07. The highest BCUT2D eigenvalue weighted by Gasteiger charge is 1.90. The first-order valence-electron chi connectivity index (χ1n) is 3.22. The van der Waals surface area contributed by atoms with E-state index in [2.05, 4.69) is 11.4 Å². The van der Waals surface area contributed by atoms with Crippen LogP contribution in [-0.2, 0) is 11.3 Å². The fourth-order valence-corrected chi connectivity index (χ4v) is 1.30. The fourth-order valence-electron chi connectivity index (χ4n) is 0.648. The van der Waals surface area contributed by atoms with Gasteiger partial charge in [-0.1, -0.05) is 0 Å². The van der Waals surface area contributed by atoms with E-state index in [9.17, 15) is 0 Å². The SMILES string of the molecule is NCCOCc1ccsc1. The van der Waals surface area contributed by atoms with Gasteiger partial charge in [0, 0.05) is 6.54 Å². The van der Waals surface area contributed by atoms with Crippen molar-refractivity contribution in [2.24, 2.45) is 5.73 Å². The third-order valence-corrected chi connectivity index (χ3v) is 1.84. The molecule has 0 spiro atoms. The van der Waals surface area contributed by atoms with Crippen molar-refractivity contribution in [3.63, 3.8) is 0 Å². The zero-order valence-electron chi connectivity index (χ0n) is 5.75. The van der Waals surface area contributed by atoms with Crippen molar-refractivity contribution in [1.82, 2.24) is 0 Å². The number of ether oxygens (including phenoxy) is 1. The Kier molecular flexibility index (Phi) is 3.43. The Morgan fingerprint density at radius 1 is 1.60 bits per heavy atom. The lowest BCUT2D eigenvalue weighted by Gasteiger charge is -1.97. The second kappa shape index (κ2) is 4.44. The molecule has 2 N–H and O–H groups in total. The first-order valence-corrected chi connectivity index (χ1v) is 4.16. The van der Waals surface area contributed by atoms with E-state index in [-0.39, 0.29) is 0 Å². The normalized spacial score (nSPS) is 10.1. The summed E-state index contributed by atoms with van der Waals surface area (Å²) in [6.07, 6.45) is 0. The average molecular weight is 157 g/mol. The predicted molar refractivity (Wildman–Crippen MR) is 43.0 cm³/mol. The number of nitrogens with two attached hydrogens (primary N) is 1. The van der Waals surface area contributed by atoms with Gasteiger partial charge in [0.25, 0.3) is 0 Å². The molecule has 56 valence electrons. The van der Waals surface area contributed by atoms with Crippen molar-refractivity contribution in [3.05, 3.63) is 22.4 Å². The molecule has 1 aromatic rings. The van der Waals surface area contributed by atoms with E-state index in [1.165, 1.54) is 5.56 Å². The molecule has 0 radical (unpaired) electrons. The summed E-state index contributed by atoms with van der Waals surface area (Å²) in [4.78, 5) is 0. The zero-order chi connectivity index (χ0) is 7.23. The first kappa shape index (κ1) is 7.72. The van der Waals surface area contributed by atoms with Gasteiger partial charge in [-0.05, 0) is 22.4 Å². The lowest BCUT2D eigenvalue weighted by molar-refractivity contribution is 0.128. The molecule has 0 amide bonds. The number of hydrogen-bond acceptors (Lipinski definition) is 3. The standard InChI is InChI=1S/C7H11NOS/c8-2-3-9-5-7-1-4-10-6-7/h1,4,6H,2-3,5,8H2. The monoisotopic (exact) mass is 157 g/mol. The van der Waals surface area contributed by atoms with E-state index >= 15 is 0 Å². The summed E-state index contributed by atoms with van der Waals surface area (Å²) in [5.41, 5.74) is 6.48. The molecule has 0 saturated heterocycles. The van der Waals surface area contributed by atoms with Crippen molar-refractivity contribution in [3.8, 4) is 0 Å². The molecule has 1 aromatic heterocycles. The summed E-state index contributed by atoms with van der Waals surface area (Å²) in [5.74, 6) is 0. The number of rotatable bonds is 4. The van der Waals surface area contributed by atoms with Crippen molar-refractivity contribution in [2.75, 3.05) is 13.2 Å². The van der Waals surface area contributed by atoms with Gasteiger partial charge in [-0.3, -0.25) is 0 Å². The maximum absolute atomic E-state index is 5.25. The molecule has 0 aliphatic rings. The molecule has 1 rings (SSSR count). The van der Waals surface area contributed by atoms with E-state index in [1.807, 2.05) is 5.38 Å². The Hall–Kier alpha value is -0.380. The summed E-state index contributed by atoms with van der Waals surface area (Å²) in [6, 6.07) is 2.06. The van der Waals surface area contributed by atoms with Crippen LogP contribution in [0.2, 0.25) is 0 Å². The molecule has 0 atom stereocenters. The first-order chi connectivity index (χ1) is 4.93. The van der Waals surface area contributed by atoms with E-state index in [0.717, 1.165) is 0 Å². The Balaban J connectivity index is 2.15. The van der Waals surface area contributed by atoms with Crippen LogP contribution < -0.4 is 5.73 Å². The fraction of sp³-hybridized carbons (Fsp3) is 0.429. The minimum absolute atomic E-state index is 0.601. The highest BCUT2D eigenvalue weighted by atomic mass is 32.1. The molecular weight excluding hydrogens is 146 g/mol. The van der Waals surface area contributed by atoms with Crippen LogP contribution in [0.25, 0.3) is 0 Å². The van der Waals surface area contributed by atoms with Crippen LogP contribution in [0.1, 0.15) is 5.56 Å². The van der Waals surface area contributed by atoms with Gasteiger partial charge in [0.15, 0.2) is 0 Å². The minimum atomic E-state index is 0.601. The Bertz CT molecular complexity index is 162. The van der Waals surface area contributed by atoms with Crippen LogP contribution in [0, 0.1) is 0 Å². The summed E-state index contributed by atoms with van der Waals surface area (Å²) >= 11 is 1.69. The van der Waals surface area contributed by atoms with Crippen LogP contribution in [0.5, 0.6) is 0 Å². The molecular formula is C7H11NOS. The Labute approximate surface area is 64.6 Å². The van der Waals surface area contributed by atoms with E-state index in [0.29, 0.717) is 19.8 Å². The summed E-state index contributed by atoms with van der Waals surface area (Å²) in [7, 11) is 0. The van der Waals surface area contributed by atoms with Gasteiger partial charge in [-0.2, -0.15) is 11.3 Å². The molecule has 0 aliphatic heterocycles. The molecule has 0 bridgehead atoms. The zero-order valence-corrected chi connectivity index (χ0v) is 6.56. The van der Waals surface area contributed by atoms with Crippen molar-refractivity contribution >= 4 is 11.3 Å². The van der Waals surface area contributed by atoms with Gasteiger partial charge in [0.1, 0.15) is 0 Å². The molecule has 1 heterocycles. The van der Waals surface area contributed by atoms with Gasteiger partial charge in [0.05, 0.1) is 13.2 Å². The average Bonchev–Trinajstić information content (AvgIpc) is 2.41. The third-order valence-electron chi connectivity index (χ3n) is 1.11. The van der Waals surface area contributed by atoms with Crippen molar-refractivity contribution < 1.29 is 4.74 Å². The van der Waals surface area contributed by atoms with Gasteiger partial charge in [0.2, 0.25) is 0 Å². The molecule has 0 aromatic carbocycles. The van der Waals surface area contributed by atoms with Crippen LogP contribution in [0.3, 0.4) is 0 Å². The lowest BCUT2D eigenvalue weighted by atomic mass is 10.4. The van der Waals surface area contributed by atoms with E-state index < -0.39 is 0 Å². The number of hydrogen-bond donors (Lipinski definition) is 1. The predicted octanol–water partition coefficient (Wildman–Crippen LogP) is 1.22. The van der Waals surface area contributed by atoms with E-state index in [1.54, 1.807) is 11.3 Å². The quantitative estimate of drug-likeness (QED) is 0.667. The van der Waals surface area contributed by atoms with Crippen LogP contribution in [0.4, 0.5) is 0 Å². The van der Waals surface area contributed by atoms with Crippen LogP contribution in [-0.4, -0.2) is 13.2 Å². The summed E-state index contributed by atoms with van der Waals surface area (Å²) < 4.78 is 5.21. The molecule has 0 aliphatic carbocycles.